The Kier molecular flexibility index (Phi) is 9.31. The van der Waals surface area contributed by atoms with Gasteiger partial charge in [0.25, 0.3) is 0 Å². The van der Waals surface area contributed by atoms with Gasteiger partial charge in [0.1, 0.15) is 11.6 Å². The van der Waals surface area contributed by atoms with Crippen molar-refractivity contribution in [2.45, 2.75) is 37.5 Å². The molecule has 1 fully saturated rings. The van der Waals surface area contributed by atoms with E-state index in [1.165, 1.54) is 14.0 Å². The number of hydrogen-bond acceptors (Lipinski definition) is 7. The van der Waals surface area contributed by atoms with Gasteiger partial charge in [-0.2, -0.15) is 0 Å². The van der Waals surface area contributed by atoms with E-state index in [9.17, 15) is 9.59 Å². The fourth-order valence-electron chi connectivity index (χ4n) is 7.17. The molecule has 2 heterocycles. The van der Waals surface area contributed by atoms with Gasteiger partial charge >= 0.3 is 5.97 Å². The summed E-state index contributed by atoms with van der Waals surface area (Å²) in [4.78, 5) is 26.0. The molecule has 1 saturated heterocycles. The maximum absolute atomic E-state index is 12.3. The molecular weight excluding hydrogens is 624 g/mol. The van der Waals surface area contributed by atoms with Crippen molar-refractivity contribution in [3.05, 3.63) is 162 Å². The van der Waals surface area contributed by atoms with Crippen LogP contribution in [0, 0.1) is 0 Å². The van der Waals surface area contributed by atoms with Crippen molar-refractivity contribution in [1.29, 1.82) is 0 Å². The van der Waals surface area contributed by atoms with Crippen molar-refractivity contribution >= 4 is 11.9 Å². The molecule has 0 bridgehead atoms. The molecule has 6 aromatic rings. The molecule has 0 aliphatic carbocycles. The Balaban J connectivity index is 1.24. The number of rotatable bonds is 10. The van der Waals surface area contributed by atoms with Gasteiger partial charge in [0.05, 0.1) is 7.11 Å². The van der Waals surface area contributed by atoms with Crippen molar-refractivity contribution in [3.63, 3.8) is 0 Å². The predicted molar refractivity (Wildman–Crippen MR) is 192 cm³/mol. The minimum Gasteiger partial charge on any atom is -0.467 e. The Hall–Kier alpha value is -5.93. The van der Waals surface area contributed by atoms with Gasteiger partial charge in [0.2, 0.25) is 5.91 Å². The Morgan fingerprint density at radius 2 is 1.30 bits per heavy atom. The van der Waals surface area contributed by atoms with E-state index in [-0.39, 0.29) is 17.9 Å². The van der Waals surface area contributed by atoms with Crippen LogP contribution < -0.4 is 5.32 Å². The van der Waals surface area contributed by atoms with Crippen molar-refractivity contribution in [2.24, 2.45) is 0 Å². The fourth-order valence-corrected chi connectivity index (χ4v) is 7.17. The lowest BCUT2D eigenvalue weighted by Crippen LogP contribution is -2.40. The first-order valence-corrected chi connectivity index (χ1v) is 16.7. The predicted octanol–water partition coefficient (Wildman–Crippen LogP) is 6.10. The number of carbonyl (C=O) groups is 2. The Morgan fingerprint density at radius 1 is 0.760 bits per heavy atom. The molecule has 7 rings (SSSR count). The summed E-state index contributed by atoms with van der Waals surface area (Å²) >= 11 is 0. The molecule has 0 unspecified atom stereocenters. The van der Waals surface area contributed by atoms with E-state index in [0.29, 0.717) is 25.3 Å². The number of aromatic nitrogens is 4. The largest absolute Gasteiger partial charge is 0.467 e. The SMILES string of the molecule is COC(=O)[C@@H]1C[C@H](NCc2ccc(-c3ccccc3-c3nnnn3C(c3ccccc3)(c3ccccc3)c3ccccc3)cc2)CN1C(C)=O. The van der Waals surface area contributed by atoms with Crippen LogP contribution in [-0.2, 0) is 26.4 Å². The zero-order valence-corrected chi connectivity index (χ0v) is 28.0. The van der Waals surface area contributed by atoms with E-state index in [1.54, 1.807) is 4.90 Å². The van der Waals surface area contributed by atoms with E-state index in [4.69, 9.17) is 9.95 Å². The van der Waals surface area contributed by atoms with Gasteiger partial charge in [-0.3, -0.25) is 4.79 Å². The average molecular weight is 663 g/mol. The molecule has 250 valence electrons. The molecule has 9 nitrogen and oxygen atoms in total. The van der Waals surface area contributed by atoms with Crippen molar-refractivity contribution < 1.29 is 14.3 Å². The Bertz CT molecular complexity index is 1970. The maximum Gasteiger partial charge on any atom is 0.328 e. The number of tetrazole rings is 1. The minimum absolute atomic E-state index is 0.0126. The summed E-state index contributed by atoms with van der Waals surface area (Å²) < 4.78 is 6.89. The monoisotopic (exact) mass is 662 g/mol. The first-order valence-electron chi connectivity index (χ1n) is 16.7. The van der Waals surface area contributed by atoms with Crippen LogP contribution in [0.25, 0.3) is 22.5 Å². The zero-order valence-electron chi connectivity index (χ0n) is 28.0. The topological polar surface area (TPSA) is 102 Å². The second-order valence-corrected chi connectivity index (χ2v) is 12.5. The second-order valence-electron chi connectivity index (χ2n) is 12.5. The summed E-state index contributed by atoms with van der Waals surface area (Å²) in [5.41, 5.74) is 6.25. The van der Waals surface area contributed by atoms with Gasteiger partial charge in [-0.25, -0.2) is 9.48 Å². The number of amides is 1. The molecule has 1 aliphatic rings. The summed E-state index contributed by atoms with van der Waals surface area (Å²) in [5, 5.41) is 17.2. The number of methoxy groups -OCH3 is 1. The molecular formula is C41H38N6O3. The molecule has 50 heavy (non-hydrogen) atoms. The van der Waals surface area contributed by atoms with Crippen molar-refractivity contribution in [1.82, 2.24) is 30.4 Å². The molecule has 0 radical (unpaired) electrons. The van der Waals surface area contributed by atoms with Crippen LogP contribution in [-0.4, -0.2) is 62.7 Å². The number of nitrogens with zero attached hydrogens (tertiary/aromatic N) is 5. The van der Waals surface area contributed by atoms with Crippen molar-refractivity contribution in [3.8, 4) is 22.5 Å². The number of likely N-dealkylation sites (tertiary alicyclic amines) is 1. The first kappa shape index (κ1) is 32.6. The van der Waals surface area contributed by atoms with Gasteiger partial charge in [0.15, 0.2) is 5.82 Å². The van der Waals surface area contributed by atoms with Gasteiger partial charge in [-0.05, 0) is 50.2 Å². The highest BCUT2D eigenvalue weighted by Crippen LogP contribution is 2.43. The smallest absolute Gasteiger partial charge is 0.328 e. The Morgan fingerprint density at radius 3 is 1.84 bits per heavy atom. The number of esters is 1. The van der Waals surface area contributed by atoms with E-state index in [0.717, 1.165) is 38.9 Å². The summed E-state index contributed by atoms with van der Waals surface area (Å²) in [6.07, 6.45) is 0.517. The lowest BCUT2D eigenvalue weighted by atomic mass is 9.77. The normalized spacial score (nSPS) is 15.9. The van der Waals surface area contributed by atoms with Crippen LogP contribution >= 0.6 is 0 Å². The average Bonchev–Trinajstić information content (AvgIpc) is 3.84. The molecule has 1 aromatic heterocycles. The lowest BCUT2D eigenvalue weighted by Gasteiger charge is -2.36. The third kappa shape index (κ3) is 6.08. The second kappa shape index (κ2) is 14.3. The molecule has 2 atom stereocenters. The van der Waals surface area contributed by atoms with Gasteiger partial charge in [-0.1, -0.05) is 140 Å². The molecule has 0 saturated carbocycles. The van der Waals surface area contributed by atoms with Crippen LogP contribution in [0.1, 0.15) is 35.6 Å². The summed E-state index contributed by atoms with van der Waals surface area (Å²) in [7, 11) is 1.35. The van der Waals surface area contributed by atoms with Crippen LogP contribution in [0.4, 0.5) is 0 Å². The minimum atomic E-state index is -0.865. The zero-order chi connectivity index (χ0) is 34.5. The molecule has 1 aliphatic heterocycles. The summed E-state index contributed by atoms with van der Waals surface area (Å²) in [5.74, 6) is 0.124. The highest BCUT2D eigenvalue weighted by Gasteiger charge is 2.42. The summed E-state index contributed by atoms with van der Waals surface area (Å²) in [6.45, 7) is 2.54. The number of hydrogen-bond donors (Lipinski definition) is 1. The van der Waals surface area contributed by atoms with Crippen LogP contribution in [0.5, 0.6) is 0 Å². The summed E-state index contributed by atoms with van der Waals surface area (Å²) in [6, 6.07) is 47.2. The third-order valence-corrected chi connectivity index (χ3v) is 9.57. The van der Waals surface area contributed by atoms with Gasteiger partial charge < -0.3 is 15.0 Å². The maximum atomic E-state index is 12.3. The number of benzene rings is 5. The molecule has 0 spiro atoms. The van der Waals surface area contributed by atoms with E-state index >= 15 is 0 Å². The molecule has 9 heteroatoms. The quantitative estimate of drug-likeness (QED) is 0.140. The first-order chi connectivity index (χ1) is 24.5. The highest BCUT2D eigenvalue weighted by atomic mass is 16.5. The third-order valence-electron chi connectivity index (χ3n) is 9.57. The van der Waals surface area contributed by atoms with Crippen LogP contribution in [0.2, 0.25) is 0 Å². The van der Waals surface area contributed by atoms with E-state index < -0.39 is 11.6 Å². The number of ether oxygens (including phenoxy) is 1. The van der Waals surface area contributed by atoms with E-state index in [2.05, 4.69) is 88.4 Å². The van der Waals surface area contributed by atoms with Crippen LogP contribution in [0.15, 0.2) is 140 Å². The highest BCUT2D eigenvalue weighted by molar-refractivity contribution is 5.84. The van der Waals surface area contributed by atoms with E-state index in [1.807, 2.05) is 71.4 Å². The van der Waals surface area contributed by atoms with Crippen molar-refractivity contribution in [2.75, 3.05) is 13.7 Å². The molecule has 5 aromatic carbocycles. The van der Waals surface area contributed by atoms with Gasteiger partial charge in [-0.15, -0.1) is 5.10 Å². The number of carbonyl (C=O) groups excluding carboxylic acids is 2. The van der Waals surface area contributed by atoms with Crippen LogP contribution in [0.3, 0.4) is 0 Å². The lowest BCUT2D eigenvalue weighted by molar-refractivity contribution is -0.150. The van der Waals surface area contributed by atoms with Gasteiger partial charge in [0, 0.05) is 31.6 Å². The Labute approximate surface area is 291 Å². The molecule has 1 amide bonds. The molecule has 1 N–H and O–H groups in total. The standard InChI is InChI=1S/C41H38N6O3/c1-29(48)46-28-35(26-38(46)40(49)50-2)42-27-30-22-24-31(25-23-30)36-20-12-13-21-37(36)39-43-44-45-47(39)41(32-14-6-3-7-15-32,33-16-8-4-9-17-33)34-18-10-5-11-19-34/h3-25,35,38,42H,26-28H2,1-2H3/t35-,38-/m0/s1. The fraction of sp³-hybridized carbons (Fsp3) is 0.195. The number of nitrogens with one attached hydrogen (secondary N) is 1.